The van der Waals surface area contributed by atoms with Gasteiger partial charge in [0.2, 0.25) is 6.17 Å². The number of halogens is 2. The summed E-state index contributed by atoms with van der Waals surface area (Å²) < 4.78 is 0. The van der Waals surface area contributed by atoms with Gasteiger partial charge in [-0.05, 0) is 73.4 Å². The van der Waals surface area contributed by atoms with Crippen molar-refractivity contribution in [3.63, 3.8) is 0 Å². The van der Waals surface area contributed by atoms with E-state index in [-0.39, 0.29) is 24.4 Å². The Morgan fingerprint density at radius 2 is 1.79 bits per heavy atom. The van der Waals surface area contributed by atoms with Crippen molar-refractivity contribution in [3.05, 3.63) is 69.2 Å². The lowest BCUT2D eigenvalue weighted by atomic mass is 9.75. The number of aliphatic imine (C=N–C) groups is 1. The Morgan fingerprint density at radius 1 is 1.14 bits per heavy atom. The molecule has 1 saturated carbocycles. The first-order valence-electron chi connectivity index (χ1n) is 14.8. The summed E-state index contributed by atoms with van der Waals surface area (Å²) in [6.45, 7) is 6.88. The molecule has 4 rings (SSSR count). The third-order valence-electron chi connectivity index (χ3n) is 8.16. The number of rotatable bonds is 11. The van der Waals surface area contributed by atoms with E-state index in [0.29, 0.717) is 38.7 Å². The van der Waals surface area contributed by atoms with Gasteiger partial charge >= 0.3 is 0 Å². The molecule has 1 aliphatic heterocycles. The molecule has 226 valence electrons. The molecule has 1 heterocycles. The zero-order valence-corrected chi connectivity index (χ0v) is 26.2. The van der Waals surface area contributed by atoms with Gasteiger partial charge in [0.15, 0.2) is 0 Å². The average molecular weight is 616 g/mol. The quantitative estimate of drug-likeness (QED) is 0.129. The molecule has 1 fully saturated rings. The van der Waals surface area contributed by atoms with Gasteiger partial charge in [0.05, 0.1) is 12.6 Å². The van der Waals surface area contributed by atoms with Gasteiger partial charge in [0.1, 0.15) is 11.4 Å². The maximum absolute atomic E-state index is 14.5. The maximum Gasteiger partial charge on any atom is 0.275 e. The molecule has 1 spiro atoms. The van der Waals surface area contributed by atoms with Crippen LogP contribution in [0, 0.1) is 11.8 Å². The Hall–Kier alpha value is -3.01. The first-order chi connectivity index (χ1) is 20.1. The Kier molecular flexibility index (Phi) is 10.6. The number of carbonyl (C=O) groups is 2. The summed E-state index contributed by atoms with van der Waals surface area (Å²) in [5.41, 5.74) is 5.67. The van der Waals surface area contributed by atoms with E-state index in [1.807, 2.05) is 17.0 Å². The van der Waals surface area contributed by atoms with Crippen LogP contribution in [0.15, 0.2) is 57.8 Å². The third kappa shape index (κ3) is 7.30. The lowest BCUT2D eigenvalue weighted by molar-refractivity contribution is -0.416. The highest BCUT2D eigenvalue weighted by Crippen LogP contribution is 2.49. The minimum Gasteiger partial charge on any atom is -0.344 e. The van der Waals surface area contributed by atoms with E-state index in [0.717, 1.165) is 50.5 Å². The number of quaternary nitrogens is 1. The van der Waals surface area contributed by atoms with Gasteiger partial charge in [-0.3, -0.25) is 14.6 Å². The van der Waals surface area contributed by atoms with Crippen molar-refractivity contribution in [2.45, 2.75) is 83.6 Å². The molecule has 0 radical (unpaired) electrons. The number of unbranched alkanes of at least 4 members (excludes halogenated alkanes) is 2. The minimum absolute atomic E-state index is 0.103. The molecule has 3 unspecified atom stereocenters. The molecule has 2 aromatic rings. The van der Waals surface area contributed by atoms with Crippen LogP contribution in [0.25, 0.3) is 0 Å². The monoisotopic (exact) mass is 614 g/mol. The van der Waals surface area contributed by atoms with Crippen LogP contribution in [0.3, 0.4) is 0 Å². The Labute approximate surface area is 258 Å². The second-order valence-electron chi connectivity index (χ2n) is 11.9. The molecule has 11 heteroatoms. The second kappa shape index (κ2) is 14.0. The molecule has 1 aliphatic carbocycles. The van der Waals surface area contributed by atoms with Gasteiger partial charge < -0.3 is 21.8 Å². The van der Waals surface area contributed by atoms with Gasteiger partial charge in [0.25, 0.3) is 11.8 Å². The Morgan fingerprint density at radius 3 is 2.38 bits per heavy atom. The second-order valence-corrected chi connectivity index (χ2v) is 12.7. The van der Waals surface area contributed by atoms with Crippen LogP contribution >= 0.6 is 23.2 Å². The number of nitrogens with one attached hydrogen (secondary N) is 1. The van der Waals surface area contributed by atoms with E-state index < -0.39 is 11.8 Å². The highest BCUT2D eigenvalue weighted by molar-refractivity contribution is 6.47. The smallest absolute Gasteiger partial charge is 0.275 e. The number of nitrogens with zero attached hydrogens (tertiary/aromatic N) is 4. The van der Waals surface area contributed by atoms with Crippen LogP contribution in [-0.4, -0.2) is 40.8 Å². The van der Waals surface area contributed by atoms with E-state index in [1.54, 1.807) is 30.3 Å². The maximum atomic E-state index is 14.5. The van der Waals surface area contributed by atoms with Crippen molar-refractivity contribution in [1.82, 2.24) is 10.2 Å². The van der Waals surface area contributed by atoms with Crippen molar-refractivity contribution in [1.29, 1.82) is 0 Å². The largest absolute Gasteiger partial charge is 0.344 e. The molecular formula is C31H42Cl2N7O2+. The summed E-state index contributed by atoms with van der Waals surface area (Å²) in [4.78, 5) is 34.5. The molecule has 2 amide bonds. The van der Waals surface area contributed by atoms with Gasteiger partial charge in [-0.25, -0.2) is 0 Å². The normalized spacial score (nSPS) is 23.8. The lowest BCUT2D eigenvalue weighted by Gasteiger charge is -2.47. The Balaban J connectivity index is 1.71. The summed E-state index contributed by atoms with van der Waals surface area (Å²) in [5, 5.41) is 10.7. The zero-order valence-electron chi connectivity index (χ0n) is 24.7. The molecular weight excluding hydrogens is 573 g/mol. The highest BCUT2D eigenvalue weighted by Gasteiger charge is 2.53. The van der Waals surface area contributed by atoms with Crippen LogP contribution in [0.2, 0.25) is 10.0 Å². The van der Waals surface area contributed by atoms with Gasteiger partial charge in [0, 0.05) is 21.2 Å². The molecule has 2 aromatic carbocycles. The molecule has 0 aromatic heterocycles. The standard InChI is InChI=1S/C31H41Cl2N7O2/c1-4-5-6-7-26(21-8-10-22(11-9-21)29(41)36-18-27(34)38-39-35)40-30(42)28(23-13-24(32)15-25(33)14-23)37-31(40)16-19(2)12-20(3)17-31/h8-11,13-15,19-20,26-27H,4-7,12,16-18,34H2,1-3H3,(H2,35,38)(H,36,41)/p+1/t19?,20?,26-,27?,31?/m1/s1. The van der Waals surface area contributed by atoms with Crippen LogP contribution < -0.4 is 16.9 Å². The molecule has 0 bridgehead atoms. The van der Waals surface area contributed by atoms with Crippen LogP contribution in [0.5, 0.6) is 0 Å². The van der Waals surface area contributed by atoms with Crippen molar-refractivity contribution < 1.29 is 15.3 Å². The minimum atomic E-state index is -0.661. The summed E-state index contributed by atoms with van der Waals surface area (Å²) in [5.74, 6) is 5.55. The lowest BCUT2D eigenvalue weighted by Crippen LogP contribution is -2.64. The summed E-state index contributed by atoms with van der Waals surface area (Å²) in [6, 6.07) is 12.5. The molecule has 0 saturated heterocycles. The van der Waals surface area contributed by atoms with E-state index in [9.17, 15) is 9.59 Å². The average Bonchev–Trinajstić information content (AvgIpc) is 3.19. The van der Waals surface area contributed by atoms with Crippen LogP contribution in [-0.2, 0) is 4.79 Å². The van der Waals surface area contributed by atoms with E-state index in [1.165, 1.54) is 0 Å². The Bertz CT molecular complexity index is 1300. The number of benzene rings is 2. The van der Waals surface area contributed by atoms with Crippen molar-refractivity contribution in [3.8, 4) is 0 Å². The first-order valence-corrected chi connectivity index (χ1v) is 15.5. The summed E-state index contributed by atoms with van der Waals surface area (Å²) in [6.07, 6.45) is 6.10. The fourth-order valence-electron chi connectivity index (χ4n) is 6.60. The topological polar surface area (TPSA) is 140 Å². The van der Waals surface area contributed by atoms with Crippen molar-refractivity contribution >= 4 is 40.7 Å². The van der Waals surface area contributed by atoms with Crippen molar-refractivity contribution in [2.24, 2.45) is 33.0 Å². The van der Waals surface area contributed by atoms with E-state index in [4.69, 9.17) is 34.0 Å². The zero-order chi connectivity index (χ0) is 30.4. The summed E-state index contributed by atoms with van der Waals surface area (Å²) in [7, 11) is 0. The number of carbonyl (C=O) groups excluding carboxylic acids is 2. The van der Waals surface area contributed by atoms with Gasteiger partial charge in [-0.2, -0.15) is 0 Å². The van der Waals surface area contributed by atoms with Crippen LogP contribution in [0.4, 0.5) is 0 Å². The number of hydrogen-bond donors (Lipinski definition) is 3. The van der Waals surface area contributed by atoms with Gasteiger partial charge in [-0.15, -0.1) is 5.11 Å². The fraction of sp³-hybridized carbons (Fsp3) is 0.516. The van der Waals surface area contributed by atoms with E-state index in [2.05, 4.69) is 42.2 Å². The molecule has 9 nitrogen and oxygen atoms in total. The van der Waals surface area contributed by atoms with Crippen LogP contribution in [0.1, 0.15) is 93.2 Å². The predicted molar refractivity (Wildman–Crippen MR) is 166 cm³/mol. The highest BCUT2D eigenvalue weighted by atomic mass is 35.5. The SMILES string of the molecule is CCCCC[C@H](c1ccc(C(=O)NCC([NH3+])/N=N\N)cc1)N1C(=O)C(c2cc(Cl)cc(Cl)c2)=NC12CC(C)CC(C)C2. The predicted octanol–water partition coefficient (Wildman–Crippen LogP) is 5.72. The summed E-state index contributed by atoms with van der Waals surface area (Å²) >= 11 is 12.7. The number of amides is 2. The van der Waals surface area contributed by atoms with E-state index >= 15 is 0 Å². The molecule has 42 heavy (non-hydrogen) atoms. The number of nitrogens with two attached hydrogens (primary N) is 1. The number of hydrogen-bond acceptors (Lipinski definition) is 5. The van der Waals surface area contributed by atoms with Gasteiger partial charge in [-0.1, -0.05) is 80.6 Å². The molecule has 2 aliphatic rings. The first kappa shape index (κ1) is 31.9. The molecule has 6 N–H and O–H groups in total. The van der Waals surface area contributed by atoms with Crippen molar-refractivity contribution in [2.75, 3.05) is 6.54 Å². The fourth-order valence-corrected chi connectivity index (χ4v) is 7.13. The third-order valence-corrected chi connectivity index (χ3v) is 8.60. The molecule has 4 atom stereocenters.